The van der Waals surface area contributed by atoms with Crippen molar-refractivity contribution in [2.45, 2.75) is 16.0 Å². The van der Waals surface area contributed by atoms with Crippen LogP contribution in [0.2, 0.25) is 0 Å². The Labute approximate surface area is 187 Å². The molecule has 0 saturated carbocycles. The molecule has 0 radical (unpaired) electrons. The number of para-hydroxylation sites is 1. The number of benzene rings is 2. The third kappa shape index (κ3) is 4.11. The molecule has 0 fully saturated rings. The maximum absolute atomic E-state index is 13.0. The van der Waals surface area contributed by atoms with Crippen molar-refractivity contribution >= 4 is 65.2 Å². The van der Waals surface area contributed by atoms with E-state index in [9.17, 15) is 21.6 Å². The Kier molecular flexibility index (Phi) is 5.41. The molecular formula is C19H17N3O5S4. The van der Waals surface area contributed by atoms with Crippen molar-refractivity contribution < 1.29 is 16.8 Å². The van der Waals surface area contributed by atoms with E-state index in [4.69, 9.17) is 0 Å². The molecule has 0 aliphatic heterocycles. The lowest BCUT2D eigenvalue weighted by Gasteiger charge is -2.16. The molecule has 0 bridgehead atoms. The number of hydrogen-bond acceptors (Lipinski definition) is 7. The van der Waals surface area contributed by atoms with E-state index >= 15 is 0 Å². The van der Waals surface area contributed by atoms with Crippen LogP contribution in [0.5, 0.6) is 0 Å². The lowest BCUT2D eigenvalue weighted by Crippen LogP contribution is -2.18. The fraction of sp³-hybridized carbons (Fsp3) is 0.105. The molecule has 0 spiro atoms. The number of nitrogens with zero attached hydrogens (tertiary/aromatic N) is 1. The molecule has 0 unspecified atom stereocenters. The van der Waals surface area contributed by atoms with Gasteiger partial charge in [-0.2, -0.15) is 0 Å². The van der Waals surface area contributed by atoms with E-state index in [1.807, 2.05) is 0 Å². The van der Waals surface area contributed by atoms with E-state index in [0.717, 1.165) is 22.9 Å². The van der Waals surface area contributed by atoms with E-state index in [1.54, 1.807) is 47.6 Å². The van der Waals surface area contributed by atoms with Crippen LogP contribution in [0, 0.1) is 6.92 Å². The summed E-state index contributed by atoms with van der Waals surface area (Å²) in [7, 11) is -6.24. The van der Waals surface area contributed by atoms with Crippen molar-refractivity contribution in [3.8, 4) is 0 Å². The Hall–Kier alpha value is -2.67. The van der Waals surface area contributed by atoms with Crippen molar-refractivity contribution in [2.24, 2.45) is 7.05 Å². The third-order valence-corrected chi connectivity index (χ3v) is 9.54. The van der Waals surface area contributed by atoms with Crippen LogP contribution in [0.4, 0.5) is 11.4 Å². The largest absolute Gasteiger partial charge is 0.297 e. The van der Waals surface area contributed by atoms with Crippen molar-refractivity contribution in [2.75, 3.05) is 9.44 Å². The standard InChI is InChI=1S/C19H17N3O5S4/c1-12-5-3-6-15(18(12)21-31(26,27)17-7-4-10-28-17)20-30(24,25)13-8-9-16-14(11-13)19(23)29-22(16)2/h3-11,20-21H,1-2H3. The van der Waals surface area contributed by atoms with Gasteiger partial charge in [0.1, 0.15) is 4.21 Å². The van der Waals surface area contributed by atoms with Gasteiger partial charge in [-0.05, 0) is 59.7 Å². The lowest BCUT2D eigenvalue weighted by atomic mass is 10.2. The molecule has 2 aromatic heterocycles. The zero-order chi connectivity index (χ0) is 22.4. The van der Waals surface area contributed by atoms with Gasteiger partial charge in [0.05, 0.1) is 27.2 Å². The summed E-state index contributed by atoms with van der Waals surface area (Å²) in [6.07, 6.45) is 0. The van der Waals surface area contributed by atoms with Crippen LogP contribution in [0.25, 0.3) is 10.9 Å². The van der Waals surface area contributed by atoms with Gasteiger partial charge >= 0.3 is 0 Å². The normalized spacial score (nSPS) is 12.2. The molecule has 4 aromatic rings. The van der Waals surface area contributed by atoms with Crippen LogP contribution in [0.15, 0.2) is 67.8 Å². The summed E-state index contributed by atoms with van der Waals surface area (Å²) < 4.78 is 57.9. The Morgan fingerprint density at radius 1 is 0.935 bits per heavy atom. The molecule has 2 N–H and O–H groups in total. The minimum atomic E-state index is -4.09. The predicted molar refractivity (Wildman–Crippen MR) is 124 cm³/mol. The number of aryl methyl sites for hydroxylation is 2. The predicted octanol–water partition coefficient (Wildman–Crippen LogP) is 3.57. The molecule has 4 rings (SSSR count). The van der Waals surface area contributed by atoms with Gasteiger partial charge in [-0.15, -0.1) is 11.3 Å². The molecule has 0 amide bonds. The number of sulfonamides is 2. The van der Waals surface area contributed by atoms with Gasteiger partial charge in [-0.3, -0.25) is 18.2 Å². The van der Waals surface area contributed by atoms with Gasteiger partial charge in [0.15, 0.2) is 0 Å². The van der Waals surface area contributed by atoms with Gasteiger partial charge in [0, 0.05) is 7.05 Å². The number of nitrogens with one attached hydrogen (secondary N) is 2. The molecule has 0 saturated heterocycles. The second kappa shape index (κ2) is 7.79. The van der Waals surface area contributed by atoms with Gasteiger partial charge < -0.3 is 0 Å². The first kappa shape index (κ1) is 21.6. The first-order valence-electron chi connectivity index (χ1n) is 8.87. The average molecular weight is 496 g/mol. The van der Waals surface area contributed by atoms with Crippen LogP contribution in [-0.2, 0) is 27.1 Å². The summed E-state index contributed by atoms with van der Waals surface area (Å²) >= 11 is 2.04. The minimum Gasteiger partial charge on any atom is -0.297 e. The molecule has 2 heterocycles. The average Bonchev–Trinajstić information content (AvgIpc) is 3.34. The summed E-state index contributed by atoms with van der Waals surface area (Å²) in [4.78, 5) is 12.0. The highest BCUT2D eigenvalue weighted by molar-refractivity contribution is 7.94. The number of hydrogen-bond donors (Lipinski definition) is 2. The van der Waals surface area contributed by atoms with E-state index in [0.29, 0.717) is 16.5 Å². The Morgan fingerprint density at radius 2 is 1.71 bits per heavy atom. The first-order valence-corrected chi connectivity index (χ1v) is 13.5. The highest BCUT2D eigenvalue weighted by atomic mass is 32.2. The van der Waals surface area contributed by atoms with Crippen LogP contribution in [0.3, 0.4) is 0 Å². The quantitative estimate of drug-likeness (QED) is 0.424. The molecule has 12 heteroatoms. The second-order valence-corrected chi connectivity index (χ2v) is 12.3. The zero-order valence-corrected chi connectivity index (χ0v) is 19.6. The van der Waals surface area contributed by atoms with Gasteiger partial charge in [-0.1, -0.05) is 18.2 Å². The van der Waals surface area contributed by atoms with E-state index in [2.05, 4.69) is 9.44 Å². The van der Waals surface area contributed by atoms with E-state index in [1.165, 1.54) is 24.3 Å². The number of fused-ring (bicyclic) bond motifs is 1. The zero-order valence-electron chi connectivity index (χ0n) is 16.3. The van der Waals surface area contributed by atoms with E-state index in [-0.39, 0.29) is 25.2 Å². The Morgan fingerprint density at radius 3 is 2.42 bits per heavy atom. The summed E-state index contributed by atoms with van der Waals surface area (Å²) in [6.45, 7) is 1.67. The van der Waals surface area contributed by atoms with Crippen molar-refractivity contribution in [3.05, 3.63) is 69.0 Å². The molecule has 2 aromatic carbocycles. The summed E-state index contributed by atoms with van der Waals surface area (Å²) in [5, 5.41) is 1.94. The maximum atomic E-state index is 13.0. The third-order valence-electron chi connectivity index (χ3n) is 4.57. The van der Waals surface area contributed by atoms with Crippen molar-refractivity contribution in [1.82, 2.24) is 3.96 Å². The molecular weight excluding hydrogens is 478 g/mol. The van der Waals surface area contributed by atoms with Crippen LogP contribution < -0.4 is 14.2 Å². The number of thiophene rings is 1. The SMILES string of the molecule is Cc1cccc(NS(=O)(=O)c2ccc3c(c2)c(=O)sn3C)c1NS(=O)(=O)c1cccs1. The first-order chi connectivity index (χ1) is 14.6. The van der Waals surface area contributed by atoms with Gasteiger partial charge in [0.25, 0.3) is 24.8 Å². The topological polar surface area (TPSA) is 114 Å². The molecule has 0 atom stereocenters. The Bertz CT molecular complexity index is 1550. The van der Waals surface area contributed by atoms with Crippen LogP contribution in [-0.4, -0.2) is 20.8 Å². The lowest BCUT2D eigenvalue weighted by molar-refractivity contribution is 0.599. The summed E-state index contributed by atoms with van der Waals surface area (Å²) in [5.41, 5.74) is 1.39. The van der Waals surface area contributed by atoms with Crippen LogP contribution >= 0.6 is 22.9 Å². The number of aromatic nitrogens is 1. The number of rotatable bonds is 6. The minimum absolute atomic E-state index is 0.0819. The number of anilines is 2. The second-order valence-electron chi connectivity index (χ2n) is 6.70. The fourth-order valence-electron chi connectivity index (χ4n) is 3.04. The van der Waals surface area contributed by atoms with Gasteiger partial charge in [0.2, 0.25) is 0 Å². The summed E-state index contributed by atoms with van der Waals surface area (Å²) in [6, 6.07) is 12.1. The van der Waals surface area contributed by atoms with E-state index < -0.39 is 20.0 Å². The Balaban J connectivity index is 1.73. The fourth-order valence-corrected chi connectivity index (χ4v) is 7.05. The monoisotopic (exact) mass is 495 g/mol. The van der Waals surface area contributed by atoms with Crippen molar-refractivity contribution in [1.29, 1.82) is 0 Å². The smallest absolute Gasteiger partial charge is 0.271 e. The molecule has 8 nitrogen and oxygen atoms in total. The highest BCUT2D eigenvalue weighted by Crippen LogP contribution is 2.31. The maximum Gasteiger partial charge on any atom is 0.271 e. The van der Waals surface area contributed by atoms with Gasteiger partial charge in [-0.25, -0.2) is 16.8 Å². The molecule has 31 heavy (non-hydrogen) atoms. The molecule has 0 aliphatic carbocycles. The van der Waals surface area contributed by atoms with Crippen molar-refractivity contribution in [3.63, 3.8) is 0 Å². The summed E-state index contributed by atoms with van der Waals surface area (Å²) in [5.74, 6) is 0. The highest BCUT2D eigenvalue weighted by Gasteiger charge is 2.22. The molecule has 162 valence electrons. The molecule has 0 aliphatic rings. The van der Waals surface area contributed by atoms with Crippen LogP contribution in [0.1, 0.15) is 5.56 Å².